The summed E-state index contributed by atoms with van der Waals surface area (Å²) in [6.07, 6.45) is 0. The standard InChI is InChI=1S/C21H24ClN3O4/c1-13(2)19(23-20(26)17-10-5-6-11-18(17)22)21(27)24(4)14(3)15-8-7-9-16(12-15)25(28)29/h5-14,19H,1-4H3,(H,23,26). The molecule has 0 fully saturated rings. The van der Waals surface area contributed by atoms with Gasteiger partial charge in [-0.15, -0.1) is 0 Å². The average molecular weight is 418 g/mol. The fraction of sp³-hybridized carbons (Fsp3) is 0.333. The molecule has 0 aliphatic heterocycles. The molecule has 0 heterocycles. The number of benzene rings is 2. The zero-order chi connectivity index (χ0) is 21.7. The Kier molecular flexibility index (Phi) is 7.34. The van der Waals surface area contributed by atoms with E-state index >= 15 is 0 Å². The van der Waals surface area contributed by atoms with Gasteiger partial charge in [-0.25, -0.2) is 0 Å². The fourth-order valence-electron chi connectivity index (χ4n) is 2.91. The predicted octanol–water partition coefficient (Wildman–Crippen LogP) is 4.22. The lowest BCUT2D eigenvalue weighted by molar-refractivity contribution is -0.384. The summed E-state index contributed by atoms with van der Waals surface area (Å²) in [7, 11) is 1.61. The monoisotopic (exact) mass is 417 g/mol. The number of rotatable bonds is 7. The molecular formula is C21H24ClN3O4. The molecule has 0 spiro atoms. The van der Waals surface area contributed by atoms with Crippen LogP contribution >= 0.6 is 11.6 Å². The maximum atomic E-state index is 13.1. The number of nitro benzene ring substituents is 1. The van der Waals surface area contributed by atoms with E-state index in [0.717, 1.165) is 0 Å². The number of nitrogens with one attached hydrogen (secondary N) is 1. The molecule has 2 rings (SSSR count). The lowest BCUT2D eigenvalue weighted by Crippen LogP contribution is -2.50. The van der Waals surface area contributed by atoms with Crippen LogP contribution in [0.5, 0.6) is 0 Å². The van der Waals surface area contributed by atoms with Crippen molar-refractivity contribution in [3.63, 3.8) is 0 Å². The van der Waals surface area contributed by atoms with Crippen LogP contribution in [0, 0.1) is 16.0 Å². The highest BCUT2D eigenvalue weighted by Gasteiger charge is 2.30. The fourth-order valence-corrected chi connectivity index (χ4v) is 3.13. The van der Waals surface area contributed by atoms with E-state index in [1.807, 2.05) is 13.8 Å². The van der Waals surface area contributed by atoms with Crippen molar-refractivity contribution in [1.29, 1.82) is 0 Å². The van der Waals surface area contributed by atoms with Crippen molar-refractivity contribution < 1.29 is 14.5 Å². The van der Waals surface area contributed by atoms with Crippen LogP contribution in [0.15, 0.2) is 48.5 Å². The molecule has 0 aromatic heterocycles. The number of nitro groups is 1. The first-order valence-corrected chi connectivity index (χ1v) is 9.57. The number of carbonyl (C=O) groups is 2. The minimum atomic E-state index is -0.773. The molecule has 2 atom stereocenters. The highest BCUT2D eigenvalue weighted by atomic mass is 35.5. The summed E-state index contributed by atoms with van der Waals surface area (Å²) < 4.78 is 0. The van der Waals surface area contributed by atoms with Gasteiger partial charge in [-0.3, -0.25) is 19.7 Å². The van der Waals surface area contributed by atoms with E-state index in [-0.39, 0.29) is 17.5 Å². The van der Waals surface area contributed by atoms with Crippen LogP contribution in [0.4, 0.5) is 5.69 Å². The molecular weight excluding hydrogens is 394 g/mol. The molecule has 1 N–H and O–H groups in total. The third kappa shape index (κ3) is 5.32. The third-order valence-electron chi connectivity index (χ3n) is 4.83. The maximum absolute atomic E-state index is 13.1. The molecule has 0 bridgehead atoms. The van der Waals surface area contributed by atoms with Gasteiger partial charge in [-0.1, -0.05) is 49.7 Å². The molecule has 0 saturated heterocycles. The van der Waals surface area contributed by atoms with E-state index in [9.17, 15) is 19.7 Å². The van der Waals surface area contributed by atoms with E-state index in [0.29, 0.717) is 16.1 Å². The molecule has 2 amide bonds. The molecule has 2 aromatic carbocycles. The molecule has 0 aliphatic carbocycles. The second-order valence-corrected chi connectivity index (χ2v) is 7.56. The molecule has 154 valence electrons. The van der Waals surface area contributed by atoms with Gasteiger partial charge in [0.15, 0.2) is 0 Å². The van der Waals surface area contributed by atoms with Crippen LogP contribution in [-0.2, 0) is 4.79 Å². The Balaban J connectivity index is 2.21. The van der Waals surface area contributed by atoms with Gasteiger partial charge in [-0.2, -0.15) is 0 Å². The highest BCUT2D eigenvalue weighted by Crippen LogP contribution is 2.24. The van der Waals surface area contributed by atoms with Crippen LogP contribution in [0.2, 0.25) is 5.02 Å². The van der Waals surface area contributed by atoms with Crippen molar-refractivity contribution in [2.24, 2.45) is 5.92 Å². The molecule has 8 heteroatoms. The largest absolute Gasteiger partial charge is 0.340 e. The molecule has 2 aromatic rings. The van der Waals surface area contributed by atoms with Gasteiger partial charge in [0.2, 0.25) is 5.91 Å². The summed E-state index contributed by atoms with van der Waals surface area (Å²) in [5.74, 6) is -0.896. The summed E-state index contributed by atoms with van der Waals surface area (Å²) in [5.41, 5.74) is 0.889. The van der Waals surface area contributed by atoms with Crippen molar-refractivity contribution in [3.8, 4) is 0 Å². The first-order valence-electron chi connectivity index (χ1n) is 9.20. The number of non-ortho nitro benzene ring substituents is 1. The first-order chi connectivity index (χ1) is 13.6. The molecule has 0 aliphatic rings. The third-order valence-corrected chi connectivity index (χ3v) is 5.16. The van der Waals surface area contributed by atoms with Gasteiger partial charge in [-0.05, 0) is 30.5 Å². The molecule has 29 heavy (non-hydrogen) atoms. The number of halogens is 1. The number of carbonyl (C=O) groups excluding carboxylic acids is 2. The smallest absolute Gasteiger partial charge is 0.269 e. The predicted molar refractivity (Wildman–Crippen MR) is 112 cm³/mol. The Morgan fingerprint density at radius 2 is 1.76 bits per heavy atom. The van der Waals surface area contributed by atoms with Crippen LogP contribution < -0.4 is 5.32 Å². The van der Waals surface area contributed by atoms with Gasteiger partial charge >= 0.3 is 0 Å². The molecule has 2 unspecified atom stereocenters. The Labute approximate surface area is 174 Å². The second-order valence-electron chi connectivity index (χ2n) is 7.15. The second kappa shape index (κ2) is 9.52. The Morgan fingerprint density at radius 3 is 2.34 bits per heavy atom. The Morgan fingerprint density at radius 1 is 1.10 bits per heavy atom. The first kappa shape index (κ1) is 22.4. The number of amides is 2. The number of hydrogen-bond acceptors (Lipinski definition) is 4. The van der Waals surface area contributed by atoms with Crippen molar-refractivity contribution in [1.82, 2.24) is 10.2 Å². The van der Waals surface area contributed by atoms with Gasteiger partial charge in [0.1, 0.15) is 6.04 Å². The van der Waals surface area contributed by atoms with Crippen molar-refractivity contribution >= 4 is 29.1 Å². The lowest BCUT2D eigenvalue weighted by atomic mass is 10.00. The van der Waals surface area contributed by atoms with Crippen molar-refractivity contribution in [3.05, 3.63) is 74.8 Å². The van der Waals surface area contributed by atoms with Gasteiger partial charge in [0.05, 0.1) is 21.6 Å². The van der Waals surface area contributed by atoms with Crippen molar-refractivity contribution in [2.75, 3.05) is 7.05 Å². The highest BCUT2D eigenvalue weighted by molar-refractivity contribution is 6.33. The number of likely N-dealkylation sites (N-methyl/N-ethyl adjacent to an activating group) is 1. The summed E-state index contributed by atoms with van der Waals surface area (Å²) in [5, 5.41) is 14.1. The molecule has 7 nitrogen and oxygen atoms in total. The number of hydrogen-bond donors (Lipinski definition) is 1. The number of nitrogens with zero attached hydrogens (tertiary/aromatic N) is 2. The minimum absolute atomic E-state index is 0.0392. The summed E-state index contributed by atoms with van der Waals surface area (Å²) in [6, 6.07) is 11.6. The SMILES string of the molecule is CC(C)C(NC(=O)c1ccccc1Cl)C(=O)N(C)C(C)c1cccc([N+](=O)[O-])c1. The Hall–Kier alpha value is -2.93. The zero-order valence-corrected chi connectivity index (χ0v) is 17.5. The quantitative estimate of drug-likeness (QED) is 0.539. The van der Waals surface area contributed by atoms with Gasteiger partial charge in [0, 0.05) is 19.2 Å². The lowest BCUT2D eigenvalue weighted by Gasteiger charge is -2.31. The average Bonchev–Trinajstić information content (AvgIpc) is 2.70. The van der Waals surface area contributed by atoms with Crippen LogP contribution in [-0.4, -0.2) is 34.7 Å². The molecule has 0 saturated carbocycles. The van der Waals surface area contributed by atoms with E-state index in [2.05, 4.69) is 5.32 Å². The van der Waals surface area contributed by atoms with E-state index in [1.54, 1.807) is 50.4 Å². The normalized spacial score (nSPS) is 12.9. The zero-order valence-electron chi connectivity index (χ0n) is 16.8. The summed E-state index contributed by atoms with van der Waals surface area (Å²) in [4.78, 5) is 37.8. The van der Waals surface area contributed by atoms with Crippen LogP contribution in [0.1, 0.15) is 42.7 Å². The minimum Gasteiger partial charge on any atom is -0.340 e. The maximum Gasteiger partial charge on any atom is 0.269 e. The molecule has 0 radical (unpaired) electrons. The van der Waals surface area contributed by atoms with Crippen LogP contribution in [0.25, 0.3) is 0 Å². The van der Waals surface area contributed by atoms with Gasteiger partial charge in [0.25, 0.3) is 11.6 Å². The van der Waals surface area contributed by atoms with E-state index in [1.165, 1.54) is 17.0 Å². The van der Waals surface area contributed by atoms with E-state index < -0.39 is 22.9 Å². The van der Waals surface area contributed by atoms with Crippen LogP contribution in [0.3, 0.4) is 0 Å². The van der Waals surface area contributed by atoms with Crippen molar-refractivity contribution in [2.45, 2.75) is 32.9 Å². The van der Waals surface area contributed by atoms with E-state index in [4.69, 9.17) is 11.6 Å². The van der Waals surface area contributed by atoms with Gasteiger partial charge < -0.3 is 10.2 Å². The summed E-state index contributed by atoms with van der Waals surface area (Å²) in [6.45, 7) is 5.45. The Bertz CT molecular complexity index is 916. The summed E-state index contributed by atoms with van der Waals surface area (Å²) >= 11 is 6.08. The topological polar surface area (TPSA) is 92.6 Å².